The van der Waals surface area contributed by atoms with E-state index in [-0.39, 0.29) is 17.2 Å². The smallest absolute Gasteiger partial charge is 0.279 e. The van der Waals surface area contributed by atoms with Crippen molar-refractivity contribution in [2.24, 2.45) is 5.10 Å². The third-order valence-electron chi connectivity index (χ3n) is 3.71. The molecule has 0 fully saturated rings. The molecule has 0 unspecified atom stereocenters. The Morgan fingerprint density at radius 1 is 1.07 bits per heavy atom. The Labute approximate surface area is 162 Å². The molecule has 0 atom stereocenters. The molecule has 2 aromatic carbocycles. The van der Waals surface area contributed by atoms with Gasteiger partial charge in [-0.2, -0.15) is 5.10 Å². The minimum absolute atomic E-state index is 0.143. The van der Waals surface area contributed by atoms with Crippen LogP contribution in [0.2, 0.25) is 0 Å². The van der Waals surface area contributed by atoms with E-state index >= 15 is 0 Å². The van der Waals surface area contributed by atoms with Gasteiger partial charge in [0.1, 0.15) is 11.5 Å². The van der Waals surface area contributed by atoms with Crippen LogP contribution in [0.15, 0.2) is 58.4 Å². The predicted octanol–water partition coefficient (Wildman–Crippen LogP) is 3.08. The Morgan fingerprint density at radius 2 is 1.86 bits per heavy atom. The fraction of sp³-hybridized carbons (Fsp3) is 0.200. The van der Waals surface area contributed by atoms with Gasteiger partial charge in [0.25, 0.3) is 5.56 Å². The van der Waals surface area contributed by atoms with Crippen LogP contribution in [0.5, 0.6) is 11.5 Å². The van der Waals surface area contributed by atoms with Crippen LogP contribution in [-0.4, -0.2) is 34.6 Å². The van der Waals surface area contributed by atoms with Gasteiger partial charge in [-0.3, -0.25) is 9.78 Å². The second kappa shape index (κ2) is 9.31. The molecule has 0 saturated carbocycles. The quantitative estimate of drug-likeness (QED) is 0.461. The molecule has 0 amide bonds. The highest BCUT2D eigenvalue weighted by atomic mass is 16.5. The summed E-state index contributed by atoms with van der Waals surface area (Å²) in [5.74, 6) is 1.52. The number of hydrogen-bond acceptors (Lipinski definition) is 7. The van der Waals surface area contributed by atoms with Gasteiger partial charge in [0.05, 0.1) is 19.4 Å². The van der Waals surface area contributed by atoms with E-state index in [1.807, 2.05) is 50.2 Å². The van der Waals surface area contributed by atoms with Crippen molar-refractivity contribution in [3.63, 3.8) is 0 Å². The minimum atomic E-state index is -0.352. The van der Waals surface area contributed by atoms with Crippen molar-refractivity contribution in [2.75, 3.05) is 18.6 Å². The summed E-state index contributed by atoms with van der Waals surface area (Å²) in [7, 11) is 0. The number of ether oxygens (including phenoxy) is 2. The molecule has 2 N–H and O–H groups in total. The fourth-order valence-corrected chi connectivity index (χ4v) is 2.49. The first-order chi connectivity index (χ1) is 13.7. The zero-order valence-corrected chi connectivity index (χ0v) is 15.7. The summed E-state index contributed by atoms with van der Waals surface area (Å²) in [4.78, 5) is 14.8. The number of hydrogen-bond donors (Lipinski definition) is 2. The Balaban J connectivity index is 1.74. The summed E-state index contributed by atoms with van der Waals surface area (Å²) in [5, 5.41) is 12.0. The van der Waals surface area contributed by atoms with Crippen LogP contribution in [0.3, 0.4) is 0 Å². The van der Waals surface area contributed by atoms with Gasteiger partial charge >= 0.3 is 0 Å². The number of nitrogens with one attached hydrogen (secondary N) is 2. The molecule has 0 saturated heterocycles. The minimum Gasteiger partial charge on any atom is -0.494 e. The van der Waals surface area contributed by atoms with E-state index in [0.29, 0.717) is 24.5 Å². The van der Waals surface area contributed by atoms with E-state index < -0.39 is 0 Å². The first-order valence-electron chi connectivity index (χ1n) is 8.92. The highest BCUT2D eigenvalue weighted by Gasteiger charge is 2.07. The Morgan fingerprint density at radius 3 is 2.57 bits per heavy atom. The van der Waals surface area contributed by atoms with E-state index in [1.54, 1.807) is 18.3 Å². The molecule has 1 heterocycles. The lowest BCUT2D eigenvalue weighted by Crippen LogP contribution is -2.15. The second-order valence-electron chi connectivity index (χ2n) is 5.65. The molecule has 0 spiro atoms. The number of anilines is 1. The molecule has 0 aliphatic rings. The van der Waals surface area contributed by atoms with Crippen molar-refractivity contribution in [3.8, 4) is 22.8 Å². The Kier molecular flexibility index (Phi) is 6.35. The SMILES string of the molecule is CCOc1ccc(/C=N/Nc2nnc(-c3ccccc3)c(=O)[nH]2)c(OCC)c1. The Bertz CT molecular complexity index is 1000. The molecular formula is C20H21N5O3. The maximum absolute atomic E-state index is 12.2. The number of rotatable bonds is 8. The summed E-state index contributed by atoms with van der Waals surface area (Å²) in [6.45, 7) is 4.92. The van der Waals surface area contributed by atoms with Gasteiger partial charge in [-0.15, -0.1) is 10.2 Å². The number of H-pyrrole nitrogens is 1. The highest BCUT2D eigenvalue weighted by Crippen LogP contribution is 2.24. The molecule has 8 nitrogen and oxygen atoms in total. The van der Waals surface area contributed by atoms with Gasteiger partial charge in [0, 0.05) is 17.2 Å². The van der Waals surface area contributed by atoms with Crippen molar-refractivity contribution >= 4 is 12.2 Å². The lowest BCUT2D eigenvalue weighted by Gasteiger charge is -2.10. The van der Waals surface area contributed by atoms with Crippen LogP contribution in [0.1, 0.15) is 19.4 Å². The van der Waals surface area contributed by atoms with Gasteiger partial charge in [0.2, 0.25) is 5.95 Å². The molecule has 1 aromatic heterocycles. The highest BCUT2D eigenvalue weighted by molar-refractivity contribution is 5.84. The van der Waals surface area contributed by atoms with Gasteiger partial charge in [0.15, 0.2) is 5.69 Å². The number of benzene rings is 2. The van der Waals surface area contributed by atoms with E-state index in [0.717, 1.165) is 11.3 Å². The summed E-state index contributed by atoms with van der Waals surface area (Å²) < 4.78 is 11.1. The maximum Gasteiger partial charge on any atom is 0.279 e. The molecule has 0 aliphatic heterocycles. The fourth-order valence-electron chi connectivity index (χ4n) is 2.49. The lowest BCUT2D eigenvalue weighted by atomic mass is 10.2. The molecule has 3 rings (SSSR count). The van der Waals surface area contributed by atoms with E-state index in [1.165, 1.54) is 0 Å². The first-order valence-corrected chi connectivity index (χ1v) is 8.92. The van der Waals surface area contributed by atoms with Crippen molar-refractivity contribution in [2.45, 2.75) is 13.8 Å². The van der Waals surface area contributed by atoms with Crippen LogP contribution < -0.4 is 20.5 Å². The zero-order valence-electron chi connectivity index (χ0n) is 15.7. The first kappa shape index (κ1) is 19.1. The van der Waals surface area contributed by atoms with Crippen LogP contribution in [0.25, 0.3) is 11.3 Å². The molecular weight excluding hydrogens is 358 g/mol. The number of nitrogens with zero attached hydrogens (tertiary/aromatic N) is 3. The van der Waals surface area contributed by atoms with Gasteiger partial charge < -0.3 is 9.47 Å². The molecule has 3 aromatic rings. The predicted molar refractivity (Wildman–Crippen MR) is 108 cm³/mol. The normalized spacial score (nSPS) is 10.8. The van der Waals surface area contributed by atoms with Crippen molar-refractivity contribution in [1.29, 1.82) is 0 Å². The topological polar surface area (TPSA) is 101 Å². The van der Waals surface area contributed by atoms with Crippen LogP contribution in [0.4, 0.5) is 5.95 Å². The average molecular weight is 379 g/mol. The zero-order chi connectivity index (χ0) is 19.8. The molecule has 28 heavy (non-hydrogen) atoms. The van der Waals surface area contributed by atoms with Crippen molar-refractivity contribution in [1.82, 2.24) is 15.2 Å². The summed E-state index contributed by atoms with van der Waals surface area (Å²) in [6.07, 6.45) is 1.58. The van der Waals surface area contributed by atoms with Crippen molar-refractivity contribution in [3.05, 3.63) is 64.4 Å². The summed E-state index contributed by atoms with van der Waals surface area (Å²) >= 11 is 0. The van der Waals surface area contributed by atoms with E-state index in [4.69, 9.17) is 9.47 Å². The third-order valence-corrected chi connectivity index (χ3v) is 3.71. The van der Waals surface area contributed by atoms with Crippen LogP contribution in [-0.2, 0) is 0 Å². The number of hydrazone groups is 1. The van der Waals surface area contributed by atoms with Gasteiger partial charge in [-0.1, -0.05) is 30.3 Å². The second-order valence-corrected chi connectivity index (χ2v) is 5.65. The standard InChI is InChI=1S/C20H21N5O3/c1-3-27-16-11-10-15(17(12-16)28-4-2)13-21-24-20-22-19(26)18(23-25-20)14-8-6-5-7-9-14/h5-13H,3-4H2,1-2H3,(H2,22,24,25,26)/b21-13+. The monoisotopic (exact) mass is 379 g/mol. The average Bonchev–Trinajstić information content (AvgIpc) is 2.71. The molecule has 0 bridgehead atoms. The number of aromatic nitrogens is 3. The van der Waals surface area contributed by atoms with Crippen molar-refractivity contribution < 1.29 is 9.47 Å². The largest absolute Gasteiger partial charge is 0.494 e. The number of aromatic amines is 1. The lowest BCUT2D eigenvalue weighted by molar-refractivity contribution is 0.323. The summed E-state index contributed by atoms with van der Waals surface area (Å²) in [5.41, 5.74) is 4.03. The van der Waals surface area contributed by atoms with Crippen LogP contribution >= 0.6 is 0 Å². The maximum atomic E-state index is 12.2. The molecule has 8 heteroatoms. The third kappa shape index (κ3) is 4.73. The van der Waals surface area contributed by atoms with Gasteiger partial charge in [-0.05, 0) is 26.0 Å². The molecule has 0 aliphatic carbocycles. The Hall–Kier alpha value is -3.68. The van der Waals surface area contributed by atoms with Crippen LogP contribution in [0, 0.1) is 0 Å². The molecule has 0 radical (unpaired) electrons. The van der Waals surface area contributed by atoms with E-state index in [2.05, 4.69) is 25.7 Å². The van der Waals surface area contributed by atoms with Gasteiger partial charge in [-0.25, -0.2) is 5.43 Å². The van der Waals surface area contributed by atoms with E-state index in [9.17, 15) is 4.79 Å². The summed E-state index contributed by atoms with van der Waals surface area (Å²) in [6, 6.07) is 14.6. The molecule has 144 valence electrons.